The molecule has 4 aromatic carbocycles. The molecule has 0 saturated heterocycles. The molecule has 0 spiro atoms. The number of nitro groups is 1. The molecule has 0 amide bonds. The predicted octanol–water partition coefficient (Wildman–Crippen LogP) is 7.38. The molecule has 5 rings (SSSR count). The molecule has 5 aromatic rings. The van der Waals surface area contributed by atoms with Gasteiger partial charge in [-0.1, -0.05) is 48.5 Å². The van der Waals surface area contributed by atoms with Crippen molar-refractivity contribution >= 4 is 38.5 Å². The first-order valence-electron chi connectivity index (χ1n) is 13.4. The average Bonchev–Trinajstić information content (AvgIpc) is 2.99. The number of hydrogen-bond acceptors (Lipinski definition) is 7. The molecule has 0 aliphatic rings. The van der Waals surface area contributed by atoms with Crippen LogP contribution in [-0.4, -0.2) is 30.6 Å². The van der Waals surface area contributed by atoms with Crippen molar-refractivity contribution in [3.8, 4) is 28.0 Å². The summed E-state index contributed by atoms with van der Waals surface area (Å²) >= 11 is 0. The van der Waals surface area contributed by atoms with Crippen molar-refractivity contribution < 1.29 is 22.9 Å². The molecule has 216 valence electrons. The summed E-state index contributed by atoms with van der Waals surface area (Å²) in [5, 5.41) is 11.6. The topological polar surface area (TPSA) is 116 Å². The number of nitro benzene ring substituents is 1. The van der Waals surface area contributed by atoms with E-state index in [1.54, 1.807) is 26.1 Å². The number of carbonyl (C=O) groups excluding carboxylic acids is 1. The van der Waals surface area contributed by atoms with E-state index in [9.17, 15) is 23.3 Å². The van der Waals surface area contributed by atoms with E-state index in [4.69, 9.17) is 4.74 Å². The number of carbonyl (C=O) groups is 1. The van der Waals surface area contributed by atoms with Crippen LogP contribution in [0.25, 0.3) is 39.2 Å². The lowest BCUT2D eigenvalue weighted by atomic mass is 9.92. The quantitative estimate of drug-likeness (QED) is 0.0607. The fraction of sp³-hybridized carbons (Fsp3) is 0.118. The minimum Gasteiger partial charge on any atom is -0.423 e. The molecule has 1 aromatic heterocycles. The number of ether oxygens (including phenoxy) is 1. The van der Waals surface area contributed by atoms with Crippen molar-refractivity contribution in [2.75, 3.05) is 6.26 Å². The van der Waals surface area contributed by atoms with Crippen LogP contribution in [0.5, 0.6) is 5.75 Å². The van der Waals surface area contributed by atoms with Crippen LogP contribution in [0.3, 0.4) is 0 Å². The van der Waals surface area contributed by atoms with Crippen molar-refractivity contribution in [3.63, 3.8) is 0 Å². The number of sulfone groups is 1. The van der Waals surface area contributed by atoms with Gasteiger partial charge in [-0.05, 0) is 84.1 Å². The Morgan fingerprint density at radius 1 is 0.884 bits per heavy atom. The summed E-state index contributed by atoms with van der Waals surface area (Å²) < 4.78 is 29.4. The number of benzene rings is 4. The molecule has 0 atom stereocenters. The third-order valence-corrected chi connectivity index (χ3v) is 9.51. The Balaban J connectivity index is 1.39. The highest BCUT2D eigenvalue weighted by Gasteiger charge is 2.33. The van der Waals surface area contributed by atoms with E-state index in [1.807, 2.05) is 72.8 Å². The van der Waals surface area contributed by atoms with Gasteiger partial charge in [-0.25, -0.2) is 13.2 Å². The largest absolute Gasteiger partial charge is 0.423 e. The van der Waals surface area contributed by atoms with E-state index in [1.165, 1.54) is 36.6 Å². The Morgan fingerprint density at radius 3 is 2.26 bits per heavy atom. The lowest BCUT2D eigenvalue weighted by Crippen LogP contribution is -2.28. The van der Waals surface area contributed by atoms with Crippen LogP contribution < -0.4 is 4.74 Å². The maximum atomic E-state index is 12.6. The Morgan fingerprint density at radius 2 is 1.58 bits per heavy atom. The molecule has 0 aliphatic heterocycles. The highest BCUT2D eigenvalue weighted by Crippen LogP contribution is 2.37. The molecule has 0 saturated carbocycles. The van der Waals surface area contributed by atoms with E-state index in [-0.39, 0.29) is 11.4 Å². The fourth-order valence-electron chi connectivity index (χ4n) is 4.58. The van der Waals surface area contributed by atoms with Crippen LogP contribution in [0, 0.1) is 10.1 Å². The van der Waals surface area contributed by atoms with Crippen LogP contribution in [0.2, 0.25) is 0 Å². The van der Waals surface area contributed by atoms with Gasteiger partial charge >= 0.3 is 5.97 Å². The molecule has 0 N–H and O–H groups in total. The SMILES string of the molecule is CC(C)(c1cc(-c2cccc(-c3ccc(/C=C/C(=O)Oc4ccc([N+](=O)[O-])cc4)cc3)c2)c2ncccc2c1)S(C)(=O)=O. The van der Waals surface area contributed by atoms with Gasteiger partial charge < -0.3 is 4.74 Å². The van der Waals surface area contributed by atoms with Gasteiger partial charge in [0.05, 0.1) is 15.2 Å². The summed E-state index contributed by atoms with van der Waals surface area (Å²) in [4.78, 5) is 27.1. The Kier molecular flexibility index (Phi) is 7.93. The van der Waals surface area contributed by atoms with Crippen LogP contribution >= 0.6 is 0 Å². The van der Waals surface area contributed by atoms with Gasteiger partial charge in [0.2, 0.25) is 0 Å². The van der Waals surface area contributed by atoms with Gasteiger partial charge in [0.25, 0.3) is 5.69 Å². The first kappa shape index (κ1) is 29.3. The molecule has 8 nitrogen and oxygen atoms in total. The Hall–Kier alpha value is -5.15. The smallest absolute Gasteiger partial charge is 0.336 e. The van der Waals surface area contributed by atoms with E-state index in [2.05, 4.69) is 4.98 Å². The van der Waals surface area contributed by atoms with Crippen LogP contribution in [0.4, 0.5) is 5.69 Å². The zero-order valence-corrected chi connectivity index (χ0v) is 24.5. The zero-order chi connectivity index (χ0) is 30.8. The maximum Gasteiger partial charge on any atom is 0.336 e. The summed E-state index contributed by atoms with van der Waals surface area (Å²) in [6.07, 6.45) is 5.90. The van der Waals surface area contributed by atoms with Gasteiger partial charge in [0, 0.05) is 41.6 Å². The number of pyridine rings is 1. The van der Waals surface area contributed by atoms with Crippen LogP contribution in [0.15, 0.2) is 109 Å². The van der Waals surface area contributed by atoms with Crippen molar-refractivity contribution in [1.82, 2.24) is 4.98 Å². The van der Waals surface area contributed by atoms with E-state index >= 15 is 0 Å². The van der Waals surface area contributed by atoms with E-state index in [0.29, 0.717) is 5.56 Å². The lowest BCUT2D eigenvalue weighted by Gasteiger charge is -2.24. The minimum absolute atomic E-state index is 0.0876. The van der Waals surface area contributed by atoms with E-state index < -0.39 is 25.5 Å². The summed E-state index contributed by atoms with van der Waals surface area (Å²) in [6, 6.07) is 28.5. The molecule has 0 radical (unpaired) electrons. The number of hydrogen-bond donors (Lipinski definition) is 0. The van der Waals surface area contributed by atoms with Crippen LogP contribution in [-0.2, 0) is 19.4 Å². The molecular weight excluding hydrogens is 564 g/mol. The summed E-state index contributed by atoms with van der Waals surface area (Å²) in [5.41, 5.74) is 5.85. The second-order valence-electron chi connectivity index (χ2n) is 10.6. The standard InChI is InChI=1S/C34H28N2O6S/c1-34(2,43(3,40)41)28-21-27-8-5-19-35-33(27)31(22-28)26-7-4-6-25(20-26)24-12-9-23(10-13-24)11-18-32(37)42-30-16-14-29(15-17-30)36(38)39/h4-22H,1-3H3/b18-11+. The van der Waals surface area contributed by atoms with Gasteiger partial charge in [-0.3, -0.25) is 15.1 Å². The fourth-order valence-corrected chi connectivity index (χ4v) is 5.12. The normalized spacial score (nSPS) is 12.0. The lowest BCUT2D eigenvalue weighted by molar-refractivity contribution is -0.384. The first-order valence-corrected chi connectivity index (χ1v) is 15.3. The third kappa shape index (κ3) is 6.37. The molecule has 1 heterocycles. The zero-order valence-electron chi connectivity index (χ0n) is 23.7. The third-order valence-electron chi connectivity index (χ3n) is 7.42. The molecule has 0 fully saturated rings. The monoisotopic (exact) mass is 592 g/mol. The van der Waals surface area contributed by atoms with Crippen molar-refractivity contribution in [2.45, 2.75) is 18.6 Å². The highest BCUT2D eigenvalue weighted by molar-refractivity contribution is 7.91. The van der Waals surface area contributed by atoms with Crippen LogP contribution in [0.1, 0.15) is 25.0 Å². The Bertz CT molecular complexity index is 1980. The number of fused-ring (bicyclic) bond motifs is 1. The van der Waals surface area contributed by atoms with Crippen molar-refractivity contribution in [2.24, 2.45) is 0 Å². The number of nitrogens with zero attached hydrogens (tertiary/aromatic N) is 2. The summed E-state index contributed by atoms with van der Waals surface area (Å²) in [5.74, 6) is -0.392. The highest BCUT2D eigenvalue weighted by atomic mass is 32.2. The van der Waals surface area contributed by atoms with E-state index in [0.717, 1.165) is 38.7 Å². The Labute approximate surface area is 249 Å². The molecule has 0 aliphatic carbocycles. The molecular formula is C34H28N2O6S. The molecule has 0 bridgehead atoms. The second-order valence-corrected chi connectivity index (χ2v) is 13.2. The van der Waals surface area contributed by atoms with Gasteiger partial charge in [-0.2, -0.15) is 0 Å². The minimum atomic E-state index is -3.39. The number of non-ortho nitro benzene ring substituents is 1. The van der Waals surface area contributed by atoms with Gasteiger partial charge in [0.1, 0.15) is 5.75 Å². The van der Waals surface area contributed by atoms with Crippen molar-refractivity contribution in [1.29, 1.82) is 0 Å². The number of rotatable bonds is 8. The second kappa shape index (κ2) is 11.6. The average molecular weight is 593 g/mol. The van der Waals surface area contributed by atoms with Gasteiger partial charge in [0.15, 0.2) is 9.84 Å². The predicted molar refractivity (Wildman–Crippen MR) is 168 cm³/mol. The first-order chi connectivity index (χ1) is 20.4. The summed E-state index contributed by atoms with van der Waals surface area (Å²) in [7, 11) is -3.39. The number of aromatic nitrogens is 1. The molecule has 0 unspecified atom stereocenters. The maximum absolute atomic E-state index is 12.6. The number of esters is 1. The molecule has 43 heavy (non-hydrogen) atoms. The van der Waals surface area contributed by atoms with Gasteiger partial charge in [-0.15, -0.1) is 0 Å². The molecule has 9 heteroatoms. The summed E-state index contributed by atoms with van der Waals surface area (Å²) in [6.45, 7) is 3.43. The van der Waals surface area contributed by atoms with Crippen molar-refractivity contribution in [3.05, 3.63) is 131 Å².